The zero-order chi connectivity index (χ0) is 13.3. The van der Waals surface area contributed by atoms with Crippen LogP contribution < -0.4 is 0 Å². The quantitative estimate of drug-likeness (QED) is 0.469. The molecule has 0 heterocycles. The highest BCUT2D eigenvalue weighted by Gasteiger charge is 2.04. The third-order valence-corrected chi connectivity index (χ3v) is 3.62. The minimum Gasteiger partial charge on any atom is -0.0845 e. The number of allylic oxidation sites excluding steroid dienone is 6. The summed E-state index contributed by atoms with van der Waals surface area (Å²) in [6.07, 6.45) is 11.6. The summed E-state index contributed by atoms with van der Waals surface area (Å²) < 4.78 is 0. The number of hydrogen-bond donors (Lipinski definition) is 0. The van der Waals surface area contributed by atoms with E-state index in [0.717, 1.165) is 18.8 Å². The molecular weight excluding hydrogens is 204 g/mol. The van der Waals surface area contributed by atoms with Gasteiger partial charge in [-0.15, -0.1) is 0 Å². The Bertz CT molecular complexity index is 289. The van der Waals surface area contributed by atoms with Crippen molar-refractivity contribution in [1.29, 1.82) is 0 Å². The normalized spacial score (nSPS) is 16.2. The first kappa shape index (κ1) is 16.2. The molecule has 0 aliphatic heterocycles. The largest absolute Gasteiger partial charge is 0.0845 e. The van der Waals surface area contributed by atoms with Crippen molar-refractivity contribution in [2.24, 2.45) is 5.92 Å². The summed E-state index contributed by atoms with van der Waals surface area (Å²) in [6.45, 7) is 13.5. The maximum absolute atomic E-state index is 2.34. The van der Waals surface area contributed by atoms with Crippen molar-refractivity contribution in [3.8, 4) is 0 Å². The SMILES string of the molecule is C\C=C(/C=C\C(CC(C)CC)=C(\C)CC)CC. The zero-order valence-electron chi connectivity index (χ0n) is 12.6. The Morgan fingerprint density at radius 3 is 2.12 bits per heavy atom. The van der Waals surface area contributed by atoms with Crippen molar-refractivity contribution >= 4 is 0 Å². The molecule has 0 heteroatoms. The molecule has 0 aromatic rings. The second-order valence-corrected chi connectivity index (χ2v) is 4.93. The lowest BCUT2D eigenvalue weighted by molar-refractivity contribution is 0.559. The van der Waals surface area contributed by atoms with Gasteiger partial charge in [-0.05, 0) is 44.6 Å². The minimum atomic E-state index is 0.784. The average Bonchev–Trinajstić information content (AvgIpc) is 2.37. The van der Waals surface area contributed by atoms with Crippen LogP contribution in [0.3, 0.4) is 0 Å². The van der Waals surface area contributed by atoms with E-state index in [-0.39, 0.29) is 0 Å². The molecule has 1 unspecified atom stereocenters. The van der Waals surface area contributed by atoms with E-state index in [1.165, 1.54) is 29.6 Å². The molecule has 0 aromatic carbocycles. The molecule has 0 fully saturated rings. The van der Waals surface area contributed by atoms with Crippen molar-refractivity contribution in [1.82, 2.24) is 0 Å². The summed E-state index contributed by atoms with van der Waals surface area (Å²) in [4.78, 5) is 0. The smallest absolute Gasteiger partial charge is 0.0254 e. The van der Waals surface area contributed by atoms with Crippen LogP contribution in [-0.4, -0.2) is 0 Å². The van der Waals surface area contributed by atoms with Gasteiger partial charge in [-0.25, -0.2) is 0 Å². The minimum absolute atomic E-state index is 0.784. The molecule has 1 atom stereocenters. The molecule has 0 spiro atoms. The van der Waals surface area contributed by atoms with Gasteiger partial charge in [0.1, 0.15) is 0 Å². The maximum Gasteiger partial charge on any atom is -0.0254 e. The molecule has 0 amide bonds. The van der Waals surface area contributed by atoms with Gasteiger partial charge in [-0.3, -0.25) is 0 Å². The Morgan fingerprint density at radius 2 is 1.71 bits per heavy atom. The third-order valence-electron chi connectivity index (χ3n) is 3.62. The van der Waals surface area contributed by atoms with E-state index in [0.29, 0.717) is 0 Å². The van der Waals surface area contributed by atoms with Crippen LogP contribution >= 0.6 is 0 Å². The van der Waals surface area contributed by atoms with E-state index in [1.807, 2.05) is 0 Å². The van der Waals surface area contributed by atoms with Gasteiger partial charge in [0.2, 0.25) is 0 Å². The predicted octanol–water partition coefficient (Wildman–Crippen LogP) is 6.06. The maximum atomic E-state index is 2.34. The molecule has 0 bridgehead atoms. The topological polar surface area (TPSA) is 0 Å². The van der Waals surface area contributed by atoms with E-state index in [1.54, 1.807) is 0 Å². The van der Waals surface area contributed by atoms with Crippen molar-refractivity contribution in [3.05, 3.63) is 34.9 Å². The van der Waals surface area contributed by atoms with Gasteiger partial charge in [-0.2, -0.15) is 0 Å². The fourth-order valence-corrected chi connectivity index (χ4v) is 1.76. The summed E-state index contributed by atoms with van der Waals surface area (Å²) in [5, 5.41) is 0. The molecule has 0 nitrogen and oxygen atoms in total. The second kappa shape index (κ2) is 9.27. The number of hydrogen-bond acceptors (Lipinski definition) is 0. The van der Waals surface area contributed by atoms with Gasteiger partial charge in [0.15, 0.2) is 0 Å². The Labute approximate surface area is 109 Å². The highest BCUT2D eigenvalue weighted by Crippen LogP contribution is 2.21. The Morgan fingerprint density at radius 1 is 1.06 bits per heavy atom. The lowest BCUT2D eigenvalue weighted by Gasteiger charge is -2.12. The standard InChI is InChI=1S/C17H30/c1-7-14(5)13-17(15(6)8-2)12-11-16(9-3)10-4/h9,11-12,14H,7-8,10,13H2,1-6H3/b12-11-,16-9-,17-15+. The van der Waals surface area contributed by atoms with E-state index in [9.17, 15) is 0 Å². The van der Waals surface area contributed by atoms with Gasteiger partial charge in [0.05, 0.1) is 0 Å². The van der Waals surface area contributed by atoms with Crippen molar-refractivity contribution in [2.45, 2.75) is 67.2 Å². The van der Waals surface area contributed by atoms with E-state index >= 15 is 0 Å². The molecule has 98 valence electrons. The van der Waals surface area contributed by atoms with Crippen LogP contribution in [0.5, 0.6) is 0 Å². The summed E-state index contributed by atoms with van der Waals surface area (Å²) in [5.74, 6) is 0.784. The fraction of sp³-hybridized carbons (Fsp3) is 0.647. The average molecular weight is 234 g/mol. The van der Waals surface area contributed by atoms with Gasteiger partial charge in [-0.1, -0.05) is 63.5 Å². The lowest BCUT2D eigenvalue weighted by Crippen LogP contribution is -1.96. The first-order chi connectivity index (χ1) is 8.08. The Hall–Kier alpha value is -0.780. The van der Waals surface area contributed by atoms with Gasteiger partial charge in [0.25, 0.3) is 0 Å². The van der Waals surface area contributed by atoms with Gasteiger partial charge < -0.3 is 0 Å². The van der Waals surface area contributed by atoms with Crippen LogP contribution in [0.15, 0.2) is 34.9 Å². The van der Waals surface area contributed by atoms with E-state index in [4.69, 9.17) is 0 Å². The van der Waals surface area contributed by atoms with Gasteiger partial charge >= 0.3 is 0 Å². The molecule has 0 saturated heterocycles. The summed E-state index contributed by atoms with van der Waals surface area (Å²) >= 11 is 0. The van der Waals surface area contributed by atoms with Crippen LogP contribution in [0.4, 0.5) is 0 Å². The molecule has 0 rings (SSSR count). The Kier molecular flexibility index (Phi) is 8.85. The highest BCUT2D eigenvalue weighted by molar-refractivity contribution is 5.30. The van der Waals surface area contributed by atoms with Crippen molar-refractivity contribution in [3.63, 3.8) is 0 Å². The predicted molar refractivity (Wildman–Crippen MR) is 80.3 cm³/mol. The van der Waals surface area contributed by atoms with Crippen LogP contribution in [0.1, 0.15) is 67.2 Å². The molecule has 0 N–H and O–H groups in total. The summed E-state index contributed by atoms with van der Waals surface area (Å²) in [5.41, 5.74) is 4.50. The second-order valence-electron chi connectivity index (χ2n) is 4.93. The molecular formula is C17H30. The number of rotatable bonds is 7. The first-order valence-corrected chi connectivity index (χ1v) is 7.10. The molecule has 0 aliphatic rings. The first-order valence-electron chi connectivity index (χ1n) is 7.10. The third kappa shape index (κ3) is 6.51. The van der Waals surface area contributed by atoms with Crippen LogP contribution in [0.2, 0.25) is 0 Å². The summed E-state index contributed by atoms with van der Waals surface area (Å²) in [6, 6.07) is 0. The zero-order valence-corrected chi connectivity index (χ0v) is 12.6. The molecule has 0 saturated carbocycles. The lowest BCUT2D eigenvalue weighted by atomic mass is 9.94. The van der Waals surface area contributed by atoms with Crippen LogP contribution in [0.25, 0.3) is 0 Å². The Balaban J connectivity index is 4.85. The molecule has 0 aromatic heterocycles. The highest BCUT2D eigenvalue weighted by atomic mass is 14.1. The van der Waals surface area contributed by atoms with Crippen molar-refractivity contribution < 1.29 is 0 Å². The van der Waals surface area contributed by atoms with Gasteiger partial charge in [0, 0.05) is 0 Å². The summed E-state index contributed by atoms with van der Waals surface area (Å²) in [7, 11) is 0. The van der Waals surface area contributed by atoms with Crippen LogP contribution in [-0.2, 0) is 0 Å². The molecule has 0 aliphatic carbocycles. The van der Waals surface area contributed by atoms with Crippen molar-refractivity contribution in [2.75, 3.05) is 0 Å². The molecule has 0 radical (unpaired) electrons. The monoisotopic (exact) mass is 234 g/mol. The van der Waals surface area contributed by atoms with E-state index < -0.39 is 0 Å². The fourth-order valence-electron chi connectivity index (χ4n) is 1.76. The van der Waals surface area contributed by atoms with Crippen LogP contribution in [0, 0.1) is 5.92 Å². The molecule has 17 heavy (non-hydrogen) atoms. The van der Waals surface area contributed by atoms with E-state index in [2.05, 4.69) is 59.8 Å².